The van der Waals surface area contributed by atoms with Gasteiger partial charge in [0.15, 0.2) is 0 Å². The Balaban J connectivity index is 2.28. The van der Waals surface area contributed by atoms with Gasteiger partial charge >= 0.3 is 0 Å². The number of fused-ring (bicyclic) bond motifs is 1. The van der Waals surface area contributed by atoms with Crippen molar-refractivity contribution in [3.63, 3.8) is 0 Å². The summed E-state index contributed by atoms with van der Waals surface area (Å²) in [5.74, 6) is 0.764. The number of H-pyrrole nitrogens is 1. The molecule has 2 aromatic heterocycles. The first-order valence-electron chi connectivity index (χ1n) is 4.66. The fourth-order valence-electron chi connectivity index (χ4n) is 1.57. The van der Waals surface area contributed by atoms with E-state index in [2.05, 4.69) is 21.0 Å². The lowest BCUT2D eigenvalue weighted by atomic mass is 10.2. The number of imidazole rings is 1. The molecule has 3 aromatic rings. The summed E-state index contributed by atoms with van der Waals surface area (Å²) in [4.78, 5) is 12.6. The summed E-state index contributed by atoms with van der Waals surface area (Å²) in [6.45, 7) is 0. The van der Waals surface area contributed by atoms with Gasteiger partial charge in [-0.15, -0.1) is 11.3 Å². The minimum atomic E-state index is 0.588. The first-order chi connectivity index (χ1) is 7.88. The number of hydrogen-bond acceptors (Lipinski definition) is 4. The van der Waals surface area contributed by atoms with Gasteiger partial charge in [-0.2, -0.15) is 5.26 Å². The van der Waals surface area contributed by atoms with Crippen LogP contribution in [0.1, 0.15) is 5.56 Å². The van der Waals surface area contributed by atoms with E-state index < -0.39 is 0 Å². The highest BCUT2D eigenvalue weighted by Crippen LogP contribution is 2.24. The Hall–Kier alpha value is -2.19. The number of nitrogens with one attached hydrogen (secondary N) is 1. The van der Waals surface area contributed by atoms with E-state index in [1.807, 2.05) is 12.1 Å². The molecule has 1 N–H and O–H groups in total. The molecule has 0 radical (unpaired) electrons. The quantitative estimate of drug-likeness (QED) is 0.693. The molecule has 2 heterocycles. The van der Waals surface area contributed by atoms with Crippen LogP contribution in [0.5, 0.6) is 0 Å². The van der Waals surface area contributed by atoms with Crippen molar-refractivity contribution in [3.05, 3.63) is 35.5 Å². The van der Waals surface area contributed by atoms with Crippen LogP contribution >= 0.6 is 11.3 Å². The van der Waals surface area contributed by atoms with Gasteiger partial charge in [-0.1, -0.05) is 6.07 Å². The molecule has 4 nitrogen and oxygen atoms in total. The second kappa shape index (κ2) is 3.43. The highest BCUT2D eigenvalue weighted by molar-refractivity contribution is 7.13. The first-order valence-corrected chi connectivity index (χ1v) is 5.54. The van der Waals surface area contributed by atoms with Crippen molar-refractivity contribution in [2.75, 3.05) is 0 Å². The standard InChI is InChI=1S/C11H6N4S/c12-4-7-2-1-3-8-10(7)15-11(14-8)9-5-13-6-16-9/h1-3,5-6H,(H,14,15). The largest absolute Gasteiger partial charge is 0.337 e. The van der Waals surface area contributed by atoms with Gasteiger partial charge in [0.05, 0.1) is 21.5 Å². The Bertz CT molecular complexity index is 676. The topological polar surface area (TPSA) is 65.4 Å². The molecule has 0 saturated carbocycles. The summed E-state index contributed by atoms with van der Waals surface area (Å²) in [5.41, 5.74) is 3.94. The molecule has 0 unspecified atom stereocenters. The van der Waals surface area contributed by atoms with Gasteiger partial charge in [-0.25, -0.2) is 4.98 Å². The molecule has 5 heteroatoms. The van der Waals surface area contributed by atoms with Gasteiger partial charge in [-0.05, 0) is 12.1 Å². The van der Waals surface area contributed by atoms with Gasteiger partial charge in [0.1, 0.15) is 17.4 Å². The number of benzene rings is 1. The molecule has 0 aliphatic rings. The smallest absolute Gasteiger partial charge is 0.150 e. The summed E-state index contributed by atoms with van der Waals surface area (Å²) in [6.07, 6.45) is 1.76. The van der Waals surface area contributed by atoms with Crippen LogP contribution in [0.2, 0.25) is 0 Å². The molecule has 0 fully saturated rings. The van der Waals surface area contributed by atoms with Crippen molar-refractivity contribution >= 4 is 22.4 Å². The van der Waals surface area contributed by atoms with Gasteiger partial charge in [0.25, 0.3) is 0 Å². The average Bonchev–Trinajstić information content (AvgIpc) is 2.96. The molecule has 0 spiro atoms. The number of hydrogen-bond donors (Lipinski definition) is 1. The monoisotopic (exact) mass is 226 g/mol. The fraction of sp³-hybridized carbons (Fsp3) is 0. The van der Waals surface area contributed by atoms with E-state index in [9.17, 15) is 0 Å². The zero-order valence-corrected chi connectivity index (χ0v) is 8.95. The Morgan fingerprint density at radius 1 is 1.38 bits per heavy atom. The van der Waals surface area contributed by atoms with Gasteiger partial charge in [0.2, 0.25) is 0 Å². The summed E-state index contributed by atoms with van der Waals surface area (Å²) >= 11 is 1.52. The summed E-state index contributed by atoms with van der Waals surface area (Å²) < 4.78 is 0. The van der Waals surface area contributed by atoms with Gasteiger partial charge in [-0.3, -0.25) is 4.98 Å². The van der Waals surface area contributed by atoms with Crippen LogP contribution < -0.4 is 0 Å². The van der Waals surface area contributed by atoms with E-state index >= 15 is 0 Å². The number of rotatable bonds is 1. The molecule has 0 aliphatic heterocycles. The van der Waals surface area contributed by atoms with E-state index in [1.54, 1.807) is 17.8 Å². The van der Waals surface area contributed by atoms with E-state index in [4.69, 9.17) is 5.26 Å². The van der Waals surface area contributed by atoms with Crippen LogP contribution in [0.25, 0.3) is 21.7 Å². The van der Waals surface area contributed by atoms with Crippen LogP contribution in [0.3, 0.4) is 0 Å². The van der Waals surface area contributed by atoms with Crippen LogP contribution in [-0.4, -0.2) is 15.0 Å². The molecule has 0 amide bonds. The molecular formula is C11H6N4S. The lowest BCUT2D eigenvalue weighted by molar-refractivity contribution is 1.33. The maximum Gasteiger partial charge on any atom is 0.150 e. The molecule has 3 rings (SSSR count). The Labute approximate surface area is 95.2 Å². The number of aromatic nitrogens is 3. The van der Waals surface area contributed by atoms with Crippen molar-refractivity contribution in [2.24, 2.45) is 0 Å². The summed E-state index contributed by atoms with van der Waals surface area (Å²) in [5, 5.41) is 8.96. The SMILES string of the molecule is N#Cc1cccc2[nH]c(-c3cncs3)nc12. The maximum atomic E-state index is 8.96. The second-order valence-corrected chi connectivity index (χ2v) is 4.15. The molecule has 0 atom stereocenters. The van der Waals surface area contributed by atoms with Crippen molar-refractivity contribution in [3.8, 4) is 16.8 Å². The Kier molecular flexibility index (Phi) is 1.95. The average molecular weight is 226 g/mol. The summed E-state index contributed by atoms with van der Waals surface area (Å²) in [7, 11) is 0. The Morgan fingerprint density at radius 3 is 3.06 bits per heavy atom. The lowest BCUT2D eigenvalue weighted by Gasteiger charge is -1.87. The fourth-order valence-corrected chi connectivity index (χ4v) is 2.14. The minimum absolute atomic E-state index is 0.588. The molecular weight excluding hydrogens is 220 g/mol. The molecule has 1 aromatic carbocycles. The lowest BCUT2D eigenvalue weighted by Crippen LogP contribution is -1.76. The molecule has 16 heavy (non-hydrogen) atoms. The van der Waals surface area contributed by atoms with Gasteiger partial charge in [0, 0.05) is 6.20 Å². The van der Waals surface area contributed by atoms with Crippen molar-refractivity contribution in [1.82, 2.24) is 15.0 Å². The summed E-state index contributed by atoms with van der Waals surface area (Å²) in [6, 6.07) is 7.65. The normalized spacial score (nSPS) is 10.4. The number of thiazole rings is 1. The number of para-hydroxylation sites is 1. The van der Waals surface area contributed by atoms with Crippen LogP contribution in [-0.2, 0) is 0 Å². The van der Waals surface area contributed by atoms with Crippen LogP contribution in [0.15, 0.2) is 29.9 Å². The predicted molar refractivity (Wildman–Crippen MR) is 61.9 cm³/mol. The molecule has 0 saturated heterocycles. The maximum absolute atomic E-state index is 8.96. The number of aromatic amines is 1. The highest BCUT2D eigenvalue weighted by atomic mass is 32.1. The molecule has 0 bridgehead atoms. The van der Waals surface area contributed by atoms with E-state index in [0.29, 0.717) is 11.1 Å². The van der Waals surface area contributed by atoms with Crippen molar-refractivity contribution in [2.45, 2.75) is 0 Å². The van der Waals surface area contributed by atoms with E-state index in [-0.39, 0.29) is 0 Å². The second-order valence-electron chi connectivity index (χ2n) is 3.26. The molecule has 0 aliphatic carbocycles. The van der Waals surface area contributed by atoms with E-state index in [1.165, 1.54) is 11.3 Å². The number of nitriles is 1. The Morgan fingerprint density at radius 2 is 2.31 bits per heavy atom. The third-order valence-corrected chi connectivity index (χ3v) is 3.08. The van der Waals surface area contributed by atoms with Crippen molar-refractivity contribution < 1.29 is 0 Å². The molecule has 76 valence electrons. The minimum Gasteiger partial charge on any atom is -0.337 e. The third kappa shape index (κ3) is 1.28. The zero-order chi connectivity index (χ0) is 11.0. The van der Waals surface area contributed by atoms with Crippen LogP contribution in [0.4, 0.5) is 0 Å². The predicted octanol–water partition coefficient (Wildman–Crippen LogP) is 2.56. The van der Waals surface area contributed by atoms with Crippen molar-refractivity contribution in [1.29, 1.82) is 5.26 Å². The van der Waals surface area contributed by atoms with Gasteiger partial charge < -0.3 is 4.98 Å². The number of nitrogens with zero attached hydrogens (tertiary/aromatic N) is 3. The van der Waals surface area contributed by atoms with E-state index in [0.717, 1.165) is 16.2 Å². The van der Waals surface area contributed by atoms with Crippen LogP contribution in [0, 0.1) is 11.3 Å². The first kappa shape index (κ1) is 9.07. The zero-order valence-electron chi connectivity index (χ0n) is 8.14. The third-order valence-electron chi connectivity index (χ3n) is 2.30. The highest BCUT2D eigenvalue weighted by Gasteiger charge is 2.09.